The molecule has 1 atom stereocenters. The quantitative estimate of drug-likeness (QED) is 0.690. The number of rotatable bonds is 4. The first-order chi connectivity index (χ1) is 7.06. The second-order valence-electron chi connectivity index (χ2n) is 2.98. The molecule has 1 aromatic heterocycles. The lowest BCUT2D eigenvalue weighted by molar-refractivity contribution is -0.140. The zero-order valence-electron chi connectivity index (χ0n) is 8.06. The number of carbonyl (C=O) groups is 2. The van der Waals surface area contributed by atoms with Gasteiger partial charge in [0.1, 0.15) is 0 Å². The standard InChI is InChI=1S/C9H11NO4S/c1-5-2-3-15-7(5)8(12)10-6(4-11)9(13)14/h2-3,6,11H,4H2,1H3,(H,10,12)(H,13,14)/t6-/m1/s1. The van der Waals surface area contributed by atoms with Crippen molar-refractivity contribution >= 4 is 23.2 Å². The average Bonchev–Trinajstić information content (AvgIpc) is 2.60. The summed E-state index contributed by atoms with van der Waals surface area (Å²) in [4.78, 5) is 22.5. The molecule has 0 aliphatic rings. The first-order valence-corrected chi connectivity index (χ1v) is 5.13. The number of aryl methyl sites for hydroxylation is 1. The number of aliphatic hydroxyl groups excluding tert-OH is 1. The van der Waals surface area contributed by atoms with Crippen molar-refractivity contribution < 1.29 is 19.8 Å². The number of aliphatic hydroxyl groups is 1. The van der Waals surface area contributed by atoms with E-state index in [1.165, 1.54) is 11.3 Å². The van der Waals surface area contributed by atoms with Crippen LogP contribution in [0.5, 0.6) is 0 Å². The molecule has 0 aromatic carbocycles. The maximum Gasteiger partial charge on any atom is 0.328 e. The Morgan fingerprint density at radius 2 is 2.27 bits per heavy atom. The Morgan fingerprint density at radius 1 is 1.60 bits per heavy atom. The Balaban J connectivity index is 2.71. The van der Waals surface area contributed by atoms with Gasteiger partial charge >= 0.3 is 5.97 Å². The second kappa shape index (κ2) is 4.90. The molecule has 0 aliphatic carbocycles. The SMILES string of the molecule is Cc1ccsc1C(=O)N[C@H](CO)C(=O)O. The third-order valence-electron chi connectivity index (χ3n) is 1.85. The van der Waals surface area contributed by atoms with E-state index in [2.05, 4.69) is 5.32 Å². The van der Waals surface area contributed by atoms with Crippen LogP contribution in [-0.4, -0.2) is 34.7 Å². The lowest BCUT2D eigenvalue weighted by atomic mass is 10.2. The summed E-state index contributed by atoms with van der Waals surface area (Å²) in [6.07, 6.45) is 0. The van der Waals surface area contributed by atoms with Gasteiger partial charge in [-0.2, -0.15) is 0 Å². The van der Waals surface area contributed by atoms with Crippen LogP contribution in [0.15, 0.2) is 11.4 Å². The number of carbonyl (C=O) groups excluding carboxylic acids is 1. The van der Waals surface area contributed by atoms with E-state index in [0.717, 1.165) is 5.56 Å². The fraction of sp³-hybridized carbons (Fsp3) is 0.333. The van der Waals surface area contributed by atoms with Gasteiger partial charge in [0.25, 0.3) is 5.91 Å². The molecule has 82 valence electrons. The number of carboxylic acid groups (broad SMARTS) is 1. The van der Waals surface area contributed by atoms with Crippen molar-refractivity contribution in [2.45, 2.75) is 13.0 Å². The van der Waals surface area contributed by atoms with E-state index in [9.17, 15) is 9.59 Å². The molecule has 0 saturated carbocycles. The van der Waals surface area contributed by atoms with Crippen molar-refractivity contribution in [3.63, 3.8) is 0 Å². The molecule has 0 fully saturated rings. The predicted molar refractivity (Wildman–Crippen MR) is 55.0 cm³/mol. The van der Waals surface area contributed by atoms with Crippen LogP contribution in [0.3, 0.4) is 0 Å². The zero-order chi connectivity index (χ0) is 11.4. The minimum atomic E-state index is -1.25. The second-order valence-corrected chi connectivity index (χ2v) is 3.90. The lowest BCUT2D eigenvalue weighted by Crippen LogP contribution is -2.43. The van der Waals surface area contributed by atoms with Crippen molar-refractivity contribution in [2.75, 3.05) is 6.61 Å². The maximum atomic E-state index is 11.5. The molecule has 0 saturated heterocycles. The van der Waals surface area contributed by atoms with Gasteiger partial charge in [-0.3, -0.25) is 4.79 Å². The Morgan fingerprint density at radius 3 is 2.67 bits per heavy atom. The first-order valence-electron chi connectivity index (χ1n) is 4.25. The van der Waals surface area contributed by atoms with E-state index >= 15 is 0 Å². The van der Waals surface area contributed by atoms with Crippen LogP contribution in [0.2, 0.25) is 0 Å². The summed E-state index contributed by atoms with van der Waals surface area (Å²) in [5.41, 5.74) is 0.791. The average molecular weight is 229 g/mol. The Labute approximate surface area is 90.4 Å². The summed E-state index contributed by atoms with van der Waals surface area (Å²) in [5, 5.41) is 21.3. The van der Waals surface area contributed by atoms with Crippen LogP contribution < -0.4 is 5.32 Å². The van der Waals surface area contributed by atoms with Crippen LogP contribution >= 0.6 is 11.3 Å². The van der Waals surface area contributed by atoms with E-state index in [4.69, 9.17) is 10.2 Å². The van der Waals surface area contributed by atoms with Crippen LogP contribution in [-0.2, 0) is 4.79 Å². The van der Waals surface area contributed by atoms with Gasteiger partial charge in [0.05, 0.1) is 11.5 Å². The van der Waals surface area contributed by atoms with E-state index in [-0.39, 0.29) is 0 Å². The van der Waals surface area contributed by atoms with Crippen LogP contribution in [0, 0.1) is 6.92 Å². The van der Waals surface area contributed by atoms with E-state index in [0.29, 0.717) is 4.88 Å². The molecule has 0 spiro atoms. The summed E-state index contributed by atoms with van der Waals surface area (Å²) < 4.78 is 0. The maximum absolute atomic E-state index is 11.5. The molecule has 5 nitrogen and oxygen atoms in total. The Hall–Kier alpha value is -1.40. The van der Waals surface area contributed by atoms with Gasteiger partial charge in [-0.1, -0.05) is 0 Å². The molecule has 1 rings (SSSR count). The van der Waals surface area contributed by atoms with Crippen molar-refractivity contribution in [1.29, 1.82) is 0 Å². The van der Waals surface area contributed by atoms with Gasteiger partial charge in [-0.05, 0) is 23.9 Å². The van der Waals surface area contributed by atoms with Gasteiger partial charge in [-0.15, -0.1) is 11.3 Å². The summed E-state index contributed by atoms with van der Waals surface area (Å²) >= 11 is 1.24. The van der Waals surface area contributed by atoms with E-state index in [1.54, 1.807) is 18.4 Å². The van der Waals surface area contributed by atoms with Crippen molar-refractivity contribution in [3.05, 3.63) is 21.9 Å². The number of amides is 1. The normalized spacial score (nSPS) is 12.1. The summed E-state index contributed by atoms with van der Waals surface area (Å²) in [6, 6.07) is 0.521. The topological polar surface area (TPSA) is 86.6 Å². The van der Waals surface area contributed by atoms with Crippen LogP contribution in [0.1, 0.15) is 15.2 Å². The minimum absolute atomic E-state index is 0.467. The fourth-order valence-electron chi connectivity index (χ4n) is 1.01. The lowest BCUT2D eigenvalue weighted by Gasteiger charge is -2.10. The van der Waals surface area contributed by atoms with Crippen molar-refractivity contribution in [1.82, 2.24) is 5.32 Å². The molecule has 0 bridgehead atoms. The molecule has 1 amide bonds. The number of hydrogen-bond donors (Lipinski definition) is 3. The van der Waals surface area contributed by atoms with Crippen LogP contribution in [0.25, 0.3) is 0 Å². The number of hydrogen-bond acceptors (Lipinski definition) is 4. The molecule has 1 heterocycles. The molecular formula is C9H11NO4S. The summed E-state index contributed by atoms with van der Waals surface area (Å²) in [5.74, 6) is -1.72. The molecular weight excluding hydrogens is 218 g/mol. The highest BCUT2D eigenvalue weighted by Gasteiger charge is 2.20. The predicted octanol–water partition coefficient (Wildman–Crippen LogP) is 0.232. The van der Waals surface area contributed by atoms with Gasteiger partial charge in [0.15, 0.2) is 6.04 Å². The number of carboxylic acids is 1. The Bertz CT molecular complexity index is 374. The highest BCUT2D eigenvalue weighted by Crippen LogP contribution is 2.15. The van der Waals surface area contributed by atoms with E-state index < -0.39 is 24.5 Å². The van der Waals surface area contributed by atoms with Gasteiger partial charge in [0.2, 0.25) is 0 Å². The van der Waals surface area contributed by atoms with Gasteiger partial charge in [-0.25, -0.2) is 4.79 Å². The third-order valence-corrected chi connectivity index (χ3v) is 2.87. The van der Waals surface area contributed by atoms with Crippen LogP contribution in [0.4, 0.5) is 0 Å². The first kappa shape index (κ1) is 11.7. The zero-order valence-corrected chi connectivity index (χ0v) is 8.87. The van der Waals surface area contributed by atoms with Gasteiger partial charge < -0.3 is 15.5 Å². The minimum Gasteiger partial charge on any atom is -0.480 e. The smallest absolute Gasteiger partial charge is 0.328 e. The highest BCUT2D eigenvalue weighted by molar-refractivity contribution is 7.12. The molecule has 15 heavy (non-hydrogen) atoms. The summed E-state index contributed by atoms with van der Waals surface area (Å²) in [6.45, 7) is 1.14. The molecule has 1 aromatic rings. The van der Waals surface area contributed by atoms with Crippen molar-refractivity contribution in [2.24, 2.45) is 0 Å². The summed E-state index contributed by atoms with van der Waals surface area (Å²) in [7, 11) is 0. The van der Waals surface area contributed by atoms with Crippen molar-refractivity contribution in [3.8, 4) is 0 Å². The highest BCUT2D eigenvalue weighted by atomic mass is 32.1. The molecule has 6 heteroatoms. The molecule has 0 aliphatic heterocycles. The van der Waals surface area contributed by atoms with Gasteiger partial charge in [0, 0.05) is 0 Å². The molecule has 0 radical (unpaired) electrons. The van der Waals surface area contributed by atoms with E-state index in [1.807, 2.05) is 0 Å². The largest absolute Gasteiger partial charge is 0.480 e. The Kier molecular flexibility index (Phi) is 3.81. The fourth-order valence-corrected chi connectivity index (χ4v) is 1.84. The molecule has 0 unspecified atom stereocenters. The number of thiophene rings is 1. The number of aliphatic carboxylic acids is 1. The number of nitrogens with one attached hydrogen (secondary N) is 1. The monoisotopic (exact) mass is 229 g/mol. The third kappa shape index (κ3) is 2.77. The molecule has 3 N–H and O–H groups in total.